The van der Waals surface area contributed by atoms with E-state index in [4.69, 9.17) is 4.74 Å². The Hall–Kier alpha value is -1.64. The van der Waals surface area contributed by atoms with Crippen LogP contribution in [0.15, 0.2) is 34.2 Å². The third kappa shape index (κ3) is 9.74. The van der Waals surface area contributed by atoms with E-state index in [-0.39, 0.29) is 11.4 Å². The van der Waals surface area contributed by atoms with Crippen molar-refractivity contribution in [2.75, 3.05) is 33.4 Å². The Morgan fingerprint density at radius 1 is 1.22 bits per heavy atom. The molecule has 0 saturated heterocycles. The van der Waals surface area contributed by atoms with Crippen LogP contribution in [-0.4, -0.2) is 47.7 Å². The molecular weight excluding hydrogens is 364 g/mol. The number of guanidine groups is 1. The second kappa shape index (κ2) is 12.7. The van der Waals surface area contributed by atoms with Gasteiger partial charge in [-0.05, 0) is 43.4 Å². The van der Waals surface area contributed by atoms with Gasteiger partial charge in [0, 0.05) is 26.7 Å². The normalized spacial score (nSPS) is 12.4. The zero-order valence-corrected chi connectivity index (χ0v) is 17.7. The molecule has 0 amide bonds. The Labute approximate surface area is 164 Å². The summed E-state index contributed by atoms with van der Waals surface area (Å²) in [6.45, 7) is 9.06. The number of rotatable bonds is 12. The highest BCUT2D eigenvalue weighted by Crippen LogP contribution is 2.12. The highest BCUT2D eigenvalue weighted by molar-refractivity contribution is 7.89. The number of nitrogens with zero attached hydrogens (tertiary/aromatic N) is 1. The molecule has 0 heterocycles. The SMILES string of the molecule is CCNC(=NCc1cccc(S(=O)(=O)NCCOC)c1)NCCCC(C)C. The molecule has 0 bridgehead atoms. The smallest absolute Gasteiger partial charge is 0.240 e. The molecule has 0 unspecified atom stereocenters. The second-order valence-corrected chi connectivity index (χ2v) is 8.46. The van der Waals surface area contributed by atoms with Gasteiger partial charge in [0.25, 0.3) is 0 Å². The van der Waals surface area contributed by atoms with Crippen molar-refractivity contribution in [2.45, 2.75) is 45.1 Å². The van der Waals surface area contributed by atoms with Gasteiger partial charge < -0.3 is 15.4 Å². The average molecular weight is 399 g/mol. The fraction of sp³-hybridized carbons (Fsp3) is 0.632. The summed E-state index contributed by atoms with van der Waals surface area (Å²) in [4.78, 5) is 4.80. The van der Waals surface area contributed by atoms with E-state index in [0.29, 0.717) is 19.1 Å². The molecule has 8 heteroatoms. The molecule has 0 radical (unpaired) electrons. The lowest BCUT2D eigenvalue weighted by molar-refractivity contribution is 0.204. The Balaban J connectivity index is 2.71. The van der Waals surface area contributed by atoms with E-state index in [1.54, 1.807) is 18.2 Å². The highest BCUT2D eigenvalue weighted by atomic mass is 32.2. The number of hydrogen-bond donors (Lipinski definition) is 3. The van der Waals surface area contributed by atoms with Crippen molar-refractivity contribution in [2.24, 2.45) is 10.9 Å². The molecule has 1 rings (SSSR count). The molecule has 0 fully saturated rings. The molecule has 154 valence electrons. The molecule has 0 saturated carbocycles. The first-order valence-corrected chi connectivity index (χ1v) is 11.0. The average Bonchev–Trinajstić information content (AvgIpc) is 2.63. The van der Waals surface area contributed by atoms with Gasteiger partial charge >= 0.3 is 0 Å². The van der Waals surface area contributed by atoms with E-state index >= 15 is 0 Å². The standard InChI is InChI=1S/C19H34N4O3S/c1-5-20-19(21-11-7-8-16(2)3)22-15-17-9-6-10-18(14-17)27(24,25)23-12-13-26-4/h6,9-10,14,16,23H,5,7-8,11-13,15H2,1-4H3,(H2,20,21,22). The molecule has 27 heavy (non-hydrogen) atoms. The molecule has 0 spiro atoms. The van der Waals surface area contributed by atoms with Crippen LogP contribution in [0.25, 0.3) is 0 Å². The van der Waals surface area contributed by atoms with Gasteiger partial charge in [-0.3, -0.25) is 0 Å². The summed E-state index contributed by atoms with van der Waals surface area (Å²) >= 11 is 0. The Bertz CT molecular complexity index is 675. The van der Waals surface area contributed by atoms with Crippen LogP contribution in [0.1, 0.15) is 39.2 Å². The Kier molecular flexibility index (Phi) is 11.0. The van der Waals surface area contributed by atoms with Crippen molar-refractivity contribution in [1.82, 2.24) is 15.4 Å². The maximum absolute atomic E-state index is 12.3. The third-order valence-electron chi connectivity index (χ3n) is 3.82. The number of hydrogen-bond acceptors (Lipinski definition) is 4. The van der Waals surface area contributed by atoms with Gasteiger partial charge in [-0.1, -0.05) is 26.0 Å². The monoisotopic (exact) mass is 398 g/mol. The molecule has 7 nitrogen and oxygen atoms in total. The second-order valence-electron chi connectivity index (χ2n) is 6.70. The maximum Gasteiger partial charge on any atom is 0.240 e. The molecule has 0 aliphatic rings. The highest BCUT2D eigenvalue weighted by Gasteiger charge is 2.13. The first-order chi connectivity index (χ1) is 12.9. The van der Waals surface area contributed by atoms with Crippen LogP contribution in [0.3, 0.4) is 0 Å². The first-order valence-electron chi connectivity index (χ1n) is 9.48. The van der Waals surface area contributed by atoms with E-state index in [1.165, 1.54) is 13.5 Å². The van der Waals surface area contributed by atoms with Gasteiger partial charge in [0.15, 0.2) is 5.96 Å². The van der Waals surface area contributed by atoms with Gasteiger partial charge in [0.1, 0.15) is 0 Å². The summed E-state index contributed by atoms with van der Waals surface area (Å²) in [5, 5.41) is 6.53. The number of benzene rings is 1. The van der Waals surface area contributed by atoms with Crippen molar-refractivity contribution in [3.63, 3.8) is 0 Å². The van der Waals surface area contributed by atoms with Gasteiger partial charge in [-0.2, -0.15) is 0 Å². The van der Waals surface area contributed by atoms with E-state index in [1.807, 2.05) is 13.0 Å². The van der Waals surface area contributed by atoms with E-state index < -0.39 is 10.0 Å². The summed E-state index contributed by atoms with van der Waals surface area (Å²) < 4.78 is 32.0. The number of ether oxygens (including phenoxy) is 1. The van der Waals surface area contributed by atoms with Crippen LogP contribution >= 0.6 is 0 Å². The topological polar surface area (TPSA) is 91.8 Å². The van der Waals surface area contributed by atoms with Gasteiger partial charge in [-0.15, -0.1) is 0 Å². The minimum absolute atomic E-state index is 0.237. The van der Waals surface area contributed by atoms with Crippen molar-refractivity contribution in [3.8, 4) is 0 Å². The van der Waals surface area contributed by atoms with Crippen molar-refractivity contribution in [1.29, 1.82) is 0 Å². The van der Waals surface area contributed by atoms with Crippen LogP contribution in [-0.2, 0) is 21.3 Å². The van der Waals surface area contributed by atoms with Crippen LogP contribution in [0.2, 0.25) is 0 Å². The van der Waals surface area contributed by atoms with Gasteiger partial charge in [0.2, 0.25) is 10.0 Å². The van der Waals surface area contributed by atoms with E-state index in [2.05, 4.69) is 34.2 Å². The Morgan fingerprint density at radius 3 is 2.67 bits per heavy atom. The lowest BCUT2D eigenvalue weighted by Gasteiger charge is -2.12. The van der Waals surface area contributed by atoms with Crippen molar-refractivity contribution >= 4 is 16.0 Å². The molecule has 0 aliphatic heterocycles. The summed E-state index contributed by atoms with van der Waals surface area (Å²) in [6, 6.07) is 6.84. The van der Waals surface area contributed by atoms with Crippen LogP contribution in [0, 0.1) is 5.92 Å². The third-order valence-corrected chi connectivity index (χ3v) is 5.28. The lowest BCUT2D eigenvalue weighted by atomic mass is 10.1. The number of methoxy groups -OCH3 is 1. The number of sulfonamides is 1. The van der Waals surface area contributed by atoms with Gasteiger partial charge in [-0.25, -0.2) is 18.1 Å². The quantitative estimate of drug-likeness (QED) is 0.285. The molecular formula is C19H34N4O3S. The molecule has 3 N–H and O–H groups in total. The van der Waals surface area contributed by atoms with Crippen molar-refractivity contribution < 1.29 is 13.2 Å². The molecule has 1 aromatic carbocycles. The first kappa shape index (κ1) is 23.4. The predicted molar refractivity (Wildman–Crippen MR) is 110 cm³/mol. The van der Waals surface area contributed by atoms with Crippen LogP contribution < -0.4 is 15.4 Å². The predicted octanol–water partition coefficient (Wildman–Crippen LogP) is 2.10. The number of aliphatic imine (C=N–C) groups is 1. The number of nitrogens with one attached hydrogen (secondary N) is 3. The minimum atomic E-state index is -3.54. The van der Waals surface area contributed by atoms with E-state index in [0.717, 1.165) is 31.0 Å². The molecule has 0 aromatic heterocycles. The maximum atomic E-state index is 12.3. The largest absolute Gasteiger partial charge is 0.383 e. The summed E-state index contributed by atoms with van der Waals surface area (Å²) in [5.41, 5.74) is 0.837. The summed E-state index contributed by atoms with van der Waals surface area (Å²) in [5.74, 6) is 1.43. The zero-order chi connectivity index (χ0) is 20.1. The minimum Gasteiger partial charge on any atom is -0.383 e. The van der Waals surface area contributed by atoms with Crippen molar-refractivity contribution in [3.05, 3.63) is 29.8 Å². The lowest BCUT2D eigenvalue weighted by Crippen LogP contribution is -2.37. The van der Waals surface area contributed by atoms with E-state index in [9.17, 15) is 8.42 Å². The fourth-order valence-electron chi connectivity index (χ4n) is 2.40. The van der Waals surface area contributed by atoms with Gasteiger partial charge in [0.05, 0.1) is 18.0 Å². The fourth-order valence-corrected chi connectivity index (χ4v) is 3.48. The summed E-state index contributed by atoms with van der Waals surface area (Å²) in [7, 11) is -2.01. The van der Waals surface area contributed by atoms with Crippen LogP contribution in [0.4, 0.5) is 0 Å². The zero-order valence-electron chi connectivity index (χ0n) is 16.9. The summed E-state index contributed by atoms with van der Waals surface area (Å²) in [6.07, 6.45) is 2.26. The molecule has 0 aliphatic carbocycles. The Morgan fingerprint density at radius 2 is 2.00 bits per heavy atom. The molecule has 1 aromatic rings. The molecule has 0 atom stereocenters. The van der Waals surface area contributed by atoms with Crippen LogP contribution in [0.5, 0.6) is 0 Å².